The molecule has 4 nitrogen and oxygen atoms in total. The van der Waals surface area contributed by atoms with Crippen LogP contribution < -0.4 is 0 Å². The van der Waals surface area contributed by atoms with Gasteiger partial charge in [0.2, 0.25) is 0 Å². The average Bonchev–Trinajstić information content (AvgIpc) is 2.89. The second kappa shape index (κ2) is 4.83. The minimum atomic E-state index is -0.119. The molecule has 0 aliphatic carbocycles. The summed E-state index contributed by atoms with van der Waals surface area (Å²) in [6.07, 6.45) is 1.79. The van der Waals surface area contributed by atoms with E-state index in [-0.39, 0.29) is 6.04 Å². The van der Waals surface area contributed by atoms with Gasteiger partial charge < -0.3 is 0 Å². The highest BCUT2D eigenvalue weighted by Gasteiger charge is 2.17. The third-order valence-corrected chi connectivity index (χ3v) is 2.90. The molecule has 0 radical (unpaired) electrons. The normalized spacial score (nSPS) is 16.5. The van der Waals surface area contributed by atoms with E-state index in [1.165, 1.54) is 0 Å². The van der Waals surface area contributed by atoms with Crippen molar-refractivity contribution in [1.29, 1.82) is 5.26 Å². The van der Waals surface area contributed by atoms with E-state index in [0.29, 0.717) is 5.56 Å². The molecule has 0 aromatic heterocycles. The summed E-state index contributed by atoms with van der Waals surface area (Å²) in [6.45, 7) is 0. The van der Waals surface area contributed by atoms with E-state index in [2.05, 4.69) is 21.3 Å². The Morgan fingerprint density at radius 2 is 1.84 bits per heavy atom. The molecule has 3 rings (SSSR count). The number of nitrogens with zero attached hydrogens (tertiary/aromatic N) is 4. The fourth-order valence-electron chi connectivity index (χ4n) is 1.91. The van der Waals surface area contributed by atoms with Gasteiger partial charge in [-0.1, -0.05) is 18.2 Å². The van der Waals surface area contributed by atoms with Gasteiger partial charge in [0, 0.05) is 11.8 Å². The Hall–Kier alpha value is -2.80. The summed E-state index contributed by atoms with van der Waals surface area (Å²) in [5, 5.41) is 17.2. The fourth-order valence-corrected chi connectivity index (χ4v) is 1.91. The van der Waals surface area contributed by atoms with Crippen molar-refractivity contribution in [2.45, 2.75) is 6.04 Å². The van der Waals surface area contributed by atoms with Crippen molar-refractivity contribution >= 4 is 17.6 Å². The quantitative estimate of drug-likeness (QED) is 0.736. The Bertz CT molecular complexity index is 693. The molecule has 0 N–H and O–H groups in total. The van der Waals surface area contributed by atoms with E-state index in [1.54, 1.807) is 30.5 Å². The van der Waals surface area contributed by atoms with Gasteiger partial charge in [0.1, 0.15) is 6.04 Å². The molecule has 1 heterocycles. The summed E-state index contributed by atoms with van der Waals surface area (Å²) >= 11 is 0. The van der Waals surface area contributed by atoms with Crippen molar-refractivity contribution in [3.63, 3.8) is 0 Å². The number of para-hydroxylation sites is 1. The zero-order valence-electron chi connectivity index (χ0n) is 10.1. The number of fused-ring (bicyclic) bond motifs is 1. The van der Waals surface area contributed by atoms with Gasteiger partial charge in [0.05, 0.1) is 23.0 Å². The fraction of sp³-hybridized carbons (Fsp3) is 0.0667. The molecular formula is C15H10N4. The van der Waals surface area contributed by atoms with Crippen LogP contribution in [0.25, 0.3) is 0 Å². The van der Waals surface area contributed by atoms with Gasteiger partial charge >= 0.3 is 0 Å². The molecule has 0 fully saturated rings. The van der Waals surface area contributed by atoms with Crippen LogP contribution in [0.2, 0.25) is 0 Å². The van der Waals surface area contributed by atoms with Gasteiger partial charge in [-0.05, 0) is 30.3 Å². The molecule has 2 aromatic rings. The molecule has 1 atom stereocenters. The Morgan fingerprint density at radius 3 is 2.63 bits per heavy atom. The van der Waals surface area contributed by atoms with Crippen LogP contribution in [-0.2, 0) is 0 Å². The lowest BCUT2D eigenvalue weighted by Crippen LogP contribution is -1.89. The standard InChI is InChI=1S/C15H10N4/c16-9-11-5-7-12(8-6-11)18-19-15-10-17-14-4-2-1-3-13(14)15/h1-8,10,15H. The summed E-state index contributed by atoms with van der Waals surface area (Å²) in [7, 11) is 0. The first-order chi connectivity index (χ1) is 9.36. The van der Waals surface area contributed by atoms with Crippen LogP contribution in [0.1, 0.15) is 17.2 Å². The third kappa shape index (κ3) is 2.26. The van der Waals surface area contributed by atoms with Crippen LogP contribution in [0.15, 0.2) is 63.8 Å². The Morgan fingerprint density at radius 1 is 1.05 bits per heavy atom. The summed E-state index contributed by atoms with van der Waals surface area (Å²) in [5.41, 5.74) is 3.37. The van der Waals surface area contributed by atoms with Crippen molar-refractivity contribution in [3.8, 4) is 6.07 Å². The Labute approximate surface area is 110 Å². The zero-order valence-corrected chi connectivity index (χ0v) is 10.1. The molecule has 1 aliphatic heterocycles. The first-order valence-electron chi connectivity index (χ1n) is 5.91. The van der Waals surface area contributed by atoms with Crippen LogP contribution in [-0.4, -0.2) is 6.21 Å². The minimum Gasteiger partial charge on any atom is -0.258 e. The molecule has 2 aromatic carbocycles. The molecule has 0 spiro atoms. The highest BCUT2D eigenvalue weighted by molar-refractivity contribution is 5.80. The van der Waals surface area contributed by atoms with Crippen LogP contribution in [0.3, 0.4) is 0 Å². The number of rotatable bonds is 2. The lowest BCUT2D eigenvalue weighted by Gasteiger charge is -2.01. The second-order valence-electron chi connectivity index (χ2n) is 4.16. The van der Waals surface area contributed by atoms with E-state index in [4.69, 9.17) is 5.26 Å². The largest absolute Gasteiger partial charge is 0.258 e. The molecule has 0 saturated carbocycles. The van der Waals surface area contributed by atoms with Gasteiger partial charge in [0.25, 0.3) is 0 Å². The van der Waals surface area contributed by atoms with Gasteiger partial charge in [0.15, 0.2) is 0 Å². The molecule has 4 heteroatoms. The van der Waals surface area contributed by atoms with Crippen molar-refractivity contribution in [2.75, 3.05) is 0 Å². The van der Waals surface area contributed by atoms with Gasteiger partial charge in [-0.25, -0.2) is 0 Å². The number of aliphatic imine (C=N–C) groups is 1. The molecular weight excluding hydrogens is 236 g/mol. The topological polar surface area (TPSA) is 60.9 Å². The molecule has 1 aliphatic rings. The SMILES string of the molecule is N#Cc1ccc(N=NC2C=Nc3ccccc32)cc1. The van der Waals surface area contributed by atoms with Crippen molar-refractivity contribution in [2.24, 2.45) is 15.2 Å². The van der Waals surface area contributed by atoms with Gasteiger partial charge in [-0.3, -0.25) is 4.99 Å². The minimum absolute atomic E-state index is 0.119. The average molecular weight is 246 g/mol. The molecule has 19 heavy (non-hydrogen) atoms. The lowest BCUT2D eigenvalue weighted by molar-refractivity contribution is 0.913. The monoisotopic (exact) mass is 246 g/mol. The van der Waals surface area contributed by atoms with E-state index in [1.807, 2.05) is 24.3 Å². The summed E-state index contributed by atoms with van der Waals surface area (Å²) in [6, 6.07) is 16.9. The van der Waals surface area contributed by atoms with E-state index < -0.39 is 0 Å². The predicted octanol–water partition coefficient (Wildman–Crippen LogP) is 4.10. The first-order valence-corrected chi connectivity index (χ1v) is 5.91. The van der Waals surface area contributed by atoms with Crippen LogP contribution in [0, 0.1) is 11.3 Å². The molecule has 90 valence electrons. The highest BCUT2D eigenvalue weighted by atomic mass is 15.1. The summed E-state index contributed by atoms with van der Waals surface area (Å²) in [4.78, 5) is 4.30. The Kier molecular flexibility index (Phi) is 2.87. The molecule has 0 bridgehead atoms. The van der Waals surface area contributed by atoms with Crippen LogP contribution in [0.4, 0.5) is 11.4 Å². The number of hydrogen-bond acceptors (Lipinski definition) is 4. The molecule has 0 amide bonds. The second-order valence-corrected chi connectivity index (χ2v) is 4.16. The van der Waals surface area contributed by atoms with Crippen LogP contribution >= 0.6 is 0 Å². The summed E-state index contributed by atoms with van der Waals surface area (Å²) in [5.74, 6) is 0. The van der Waals surface area contributed by atoms with Gasteiger partial charge in [-0.2, -0.15) is 15.5 Å². The van der Waals surface area contributed by atoms with Crippen LogP contribution in [0.5, 0.6) is 0 Å². The first kappa shape index (κ1) is 11.3. The van der Waals surface area contributed by atoms with E-state index >= 15 is 0 Å². The van der Waals surface area contributed by atoms with E-state index in [0.717, 1.165) is 16.9 Å². The maximum atomic E-state index is 8.72. The third-order valence-electron chi connectivity index (χ3n) is 2.90. The predicted molar refractivity (Wildman–Crippen MR) is 73.0 cm³/mol. The Balaban J connectivity index is 1.81. The zero-order chi connectivity index (χ0) is 13.1. The number of nitriles is 1. The lowest BCUT2D eigenvalue weighted by atomic mass is 10.1. The van der Waals surface area contributed by atoms with Crippen molar-refractivity contribution in [3.05, 3.63) is 59.7 Å². The molecule has 1 unspecified atom stereocenters. The number of azo groups is 1. The maximum Gasteiger partial charge on any atom is 0.133 e. The van der Waals surface area contributed by atoms with Gasteiger partial charge in [-0.15, -0.1) is 0 Å². The number of benzene rings is 2. The molecule has 0 saturated heterocycles. The number of hydrogen-bond donors (Lipinski definition) is 0. The maximum absolute atomic E-state index is 8.72. The summed E-state index contributed by atoms with van der Waals surface area (Å²) < 4.78 is 0. The van der Waals surface area contributed by atoms with Crippen molar-refractivity contribution < 1.29 is 0 Å². The van der Waals surface area contributed by atoms with Crippen molar-refractivity contribution in [1.82, 2.24) is 0 Å². The smallest absolute Gasteiger partial charge is 0.133 e. The van der Waals surface area contributed by atoms with E-state index in [9.17, 15) is 0 Å². The highest BCUT2D eigenvalue weighted by Crippen LogP contribution is 2.33.